The molecule has 24 heavy (non-hydrogen) atoms. The Morgan fingerprint density at radius 2 is 1.83 bits per heavy atom. The molecule has 2 aliphatic heterocycles. The van der Waals surface area contributed by atoms with Gasteiger partial charge in [0.05, 0.1) is 12.2 Å². The molecule has 0 radical (unpaired) electrons. The molecule has 9 heteroatoms. The minimum Gasteiger partial charge on any atom is -0.393 e. The summed E-state index contributed by atoms with van der Waals surface area (Å²) in [6.45, 7) is 1.27. The van der Waals surface area contributed by atoms with E-state index < -0.39 is 15.6 Å². The van der Waals surface area contributed by atoms with Crippen molar-refractivity contribution in [1.82, 2.24) is 9.21 Å². The van der Waals surface area contributed by atoms with Crippen LogP contribution in [-0.4, -0.2) is 72.1 Å². The second-order valence-corrected chi connectivity index (χ2v) is 9.22. The van der Waals surface area contributed by atoms with Gasteiger partial charge in [0, 0.05) is 26.2 Å². The lowest BCUT2D eigenvalue weighted by molar-refractivity contribution is -0.0546. The van der Waals surface area contributed by atoms with Gasteiger partial charge in [0.25, 0.3) is 5.91 Å². The van der Waals surface area contributed by atoms with Crippen LogP contribution in [0.5, 0.6) is 0 Å². The van der Waals surface area contributed by atoms with Gasteiger partial charge >= 0.3 is 0 Å². The number of hydrogen-bond donors (Lipinski definition) is 2. The van der Waals surface area contributed by atoms with Crippen LogP contribution in [0.3, 0.4) is 0 Å². The Bertz CT molecular complexity index is 701. The van der Waals surface area contributed by atoms with Gasteiger partial charge in [0.15, 0.2) is 0 Å². The number of piperidine rings is 1. The highest BCUT2D eigenvalue weighted by molar-refractivity contribution is 7.89. The highest BCUT2D eigenvalue weighted by Gasteiger charge is 2.37. The van der Waals surface area contributed by atoms with Crippen molar-refractivity contribution >= 4 is 27.3 Å². The lowest BCUT2D eigenvalue weighted by atomic mass is 9.92. The number of carbonyl (C=O) groups excluding carboxylic acids is 1. The van der Waals surface area contributed by atoms with Crippen LogP contribution in [-0.2, 0) is 10.0 Å². The van der Waals surface area contributed by atoms with Crippen LogP contribution >= 0.6 is 11.3 Å². The molecule has 1 aromatic heterocycles. The van der Waals surface area contributed by atoms with Crippen LogP contribution in [0.2, 0.25) is 0 Å². The van der Waals surface area contributed by atoms with E-state index in [0.29, 0.717) is 26.2 Å². The maximum atomic E-state index is 12.8. The zero-order valence-electron chi connectivity index (χ0n) is 13.3. The number of thiophene rings is 1. The van der Waals surface area contributed by atoms with Crippen molar-refractivity contribution in [3.63, 3.8) is 0 Å². The number of aliphatic hydroxyl groups is 2. The molecule has 7 nitrogen and oxygen atoms in total. The molecule has 3 heterocycles. The molecule has 3 rings (SSSR count). The van der Waals surface area contributed by atoms with Crippen LogP contribution in [0.15, 0.2) is 16.3 Å². The second kappa shape index (κ2) is 6.72. The largest absolute Gasteiger partial charge is 0.393 e. The van der Waals surface area contributed by atoms with Gasteiger partial charge in [0.1, 0.15) is 9.77 Å². The molecule has 0 saturated carbocycles. The summed E-state index contributed by atoms with van der Waals surface area (Å²) in [5.41, 5.74) is -1.14. The van der Waals surface area contributed by atoms with E-state index in [2.05, 4.69) is 0 Å². The van der Waals surface area contributed by atoms with Crippen molar-refractivity contribution in [2.75, 3.05) is 32.8 Å². The molecule has 2 fully saturated rings. The van der Waals surface area contributed by atoms with Crippen LogP contribution in [0.1, 0.15) is 35.4 Å². The Kier molecular flexibility index (Phi) is 4.99. The Morgan fingerprint density at radius 3 is 2.42 bits per heavy atom. The third-order valence-corrected chi connectivity index (χ3v) is 7.75. The molecule has 2 saturated heterocycles. The van der Waals surface area contributed by atoms with Crippen molar-refractivity contribution in [3.05, 3.63) is 16.3 Å². The molecular formula is C15H22N2O5S2. The minimum absolute atomic E-state index is 0.0855. The normalized spacial score (nSPS) is 22.0. The minimum atomic E-state index is -3.63. The molecule has 0 unspecified atom stereocenters. The average molecular weight is 374 g/mol. The predicted molar refractivity (Wildman–Crippen MR) is 89.5 cm³/mol. The van der Waals surface area contributed by atoms with Crippen molar-refractivity contribution < 1.29 is 23.4 Å². The van der Waals surface area contributed by atoms with E-state index in [4.69, 9.17) is 0 Å². The van der Waals surface area contributed by atoms with Crippen molar-refractivity contribution in [2.24, 2.45) is 0 Å². The van der Waals surface area contributed by atoms with E-state index in [-0.39, 0.29) is 35.1 Å². The first-order chi connectivity index (χ1) is 11.4. The maximum absolute atomic E-state index is 12.8. The van der Waals surface area contributed by atoms with E-state index >= 15 is 0 Å². The molecular weight excluding hydrogens is 352 g/mol. The van der Waals surface area contributed by atoms with Gasteiger partial charge in [0.2, 0.25) is 10.0 Å². The number of amides is 1. The Morgan fingerprint density at radius 1 is 1.21 bits per heavy atom. The average Bonchev–Trinajstić information content (AvgIpc) is 3.26. The molecule has 1 amide bonds. The Balaban J connectivity index is 1.79. The number of sulfonamides is 1. The van der Waals surface area contributed by atoms with E-state index in [1.807, 2.05) is 0 Å². The summed E-state index contributed by atoms with van der Waals surface area (Å²) in [5, 5.41) is 20.9. The van der Waals surface area contributed by atoms with E-state index in [1.54, 1.807) is 10.3 Å². The van der Waals surface area contributed by atoms with E-state index in [9.17, 15) is 23.4 Å². The number of carbonyl (C=O) groups is 1. The van der Waals surface area contributed by atoms with Crippen LogP contribution in [0, 0.1) is 0 Å². The molecule has 2 N–H and O–H groups in total. The second-order valence-electron chi connectivity index (χ2n) is 6.40. The molecule has 1 aromatic rings. The summed E-state index contributed by atoms with van der Waals surface area (Å²) in [7, 11) is -3.63. The van der Waals surface area contributed by atoms with Gasteiger partial charge in [-0.25, -0.2) is 8.42 Å². The fourth-order valence-corrected chi connectivity index (χ4v) is 6.03. The summed E-state index contributed by atoms with van der Waals surface area (Å²) >= 11 is 1.13. The number of rotatable bonds is 4. The highest BCUT2D eigenvalue weighted by atomic mass is 32.2. The van der Waals surface area contributed by atoms with Gasteiger partial charge in [-0.15, -0.1) is 11.3 Å². The SMILES string of the molecule is O=C(c1sccc1S(=O)(=O)N1CCCC1)N1CCC(O)(CO)CC1. The molecule has 0 aromatic carbocycles. The van der Waals surface area contributed by atoms with Gasteiger partial charge in [-0.3, -0.25) is 4.79 Å². The lowest BCUT2D eigenvalue weighted by Crippen LogP contribution is -2.48. The predicted octanol–water partition coefficient (Wildman–Crippen LogP) is 0.492. The number of nitrogens with zero attached hydrogens (tertiary/aromatic N) is 2. The van der Waals surface area contributed by atoms with Crippen molar-refractivity contribution in [1.29, 1.82) is 0 Å². The van der Waals surface area contributed by atoms with Crippen molar-refractivity contribution in [3.8, 4) is 0 Å². The smallest absolute Gasteiger partial charge is 0.265 e. The van der Waals surface area contributed by atoms with Crippen LogP contribution in [0.25, 0.3) is 0 Å². The summed E-state index contributed by atoms with van der Waals surface area (Å²) in [4.78, 5) is 14.6. The first kappa shape index (κ1) is 17.8. The maximum Gasteiger partial charge on any atom is 0.265 e. The number of hydrogen-bond acceptors (Lipinski definition) is 6. The van der Waals surface area contributed by atoms with Crippen LogP contribution in [0.4, 0.5) is 0 Å². The topological polar surface area (TPSA) is 98.2 Å². The quantitative estimate of drug-likeness (QED) is 0.799. The van der Waals surface area contributed by atoms with Crippen LogP contribution < -0.4 is 0 Å². The molecule has 2 aliphatic rings. The number of aliphatic hydroxyl groups excluding tert-OH is 1. The molecule has 0 bridgehead atoms. The summed E-state index contributed by atoms with van der Waals surface area (Å²) in [5.74, 6) is -0.317. The fraction of sp³-hybridized carbons (Fsp3) is 0.667. The van der Waals surface area contributed by atoms with Gasteiger partial charge < -0.3 is 15.1 Å². The standard InChI is InChI=1S/C15H22N2O5S2/c18-11-15(20)4-8-16(9-5-15)14(19)13-12(3-10-23-13)24(21,22)17-6-1-2-7-17/h3,10,18,20H,1-2,4-9,11H2. The monoisotopic (exact) mass is 374 g/mol. The van der Waals surface area contributed by atoms with E-state index in [0.717, 1.165) is 24.2 Å². The number of likely N-dealkylation sites (tertiary alicyclic amines) is 1. The third-order valence-electron chi connectivity index (χ3n) is 4.78. The highest BCUT2D eigenvalue weighted by Crippen LogP contribution is 2.30. The zero-order chi connectivity index (χ0) is 17.4. The third kappa shape index (κ3) is 3.23. The molecule has 0 atom stereocenters. The fourth-order valence-electron chi connectivity index (χ4n) is 3.15. The van der Waals surface area contributed by atoms with E-state index in [1.165, 1.54) is 10.4 Å². The first-order valence-corrected chi connectivity index (χ1v) is 10.4. The Hall–Kier alpha value is -1.00. The van der Waals surface area contributed by atoms with Gasteiger partial charge in [-0.05, 0) is 37.1 Å². The molecule has 0 spiro atoms. The lowest BCUT2D eigenvalue weighted by Gasteiger charge is -2.36. The summed E-state index contributed by atoms with van der Waals surface area (Å²) < 4.78 is 26.9. The molecule has 134 valence electrons. The van der Waals surface area contributed by atoms with Gasteiger partial charge in [-0.2, -0.15) is 4.31 Å². The first-order valence-electron chi connectivity index (χ1n) is 8.08. The summed E-state index contributed by atoms with van der Waals surface area (Å²) in [6.07, 6.45) is 2.26. The molecule has 0 aliphatic carbocycles. The summed E-state index contributed by atoms with van der Waals surface area (Å²) in [6, 6.07) is 1.50. The Labute approximate surface area is 145 Å². The van der Waals surface area contributed by atoms with Gasteiger partial charge in [-0.1, -0.05) is 0 Å². The van der Waals surface area contributed by atoms with Crippen molar-refractivity contribution in [2.45, 2.75) is 36.2 Å². The zero-order valence-corrected chi connectivity index (χ0v) is 15.0.